The van der Waals surface area contributed by atoms with Crippen LogP contribution < -0.4 is 0 Å². The molecular weight excluding hydrogens is 296 g/mol. The van der Waals surface area contributed by atoms with E-state index in [0.717, 1.165) is 22.6 Å². The number of aromatic nitrogens is 2. The summed E-state index contributed by atoms with van der Waals surface area (Å²) in [5.41, 5.74) is 0. The Labute approximate surface area is 125 Å². The minimum Gasteiger partial charge on any atom is -0.323 e. The maximum atomic E-state index is 13.9. The number of amides is 1. The van der Waals surface area contributed by atoms with Crippen LogP contribution in [0.2, 0.25) is 0 Å². The molecule has 0 N–H and O–H groups in total. The lowest BCUT2D eigenvalue weighted by atomic mass is 10.4. The zero-order valence-corrected chi connectivity index (χ0v) is 12.5. The fourth-order valence-electron chi connectivity index (χ4n) is 1.79. The molecule has 21 heavy (non-hydrogen) atoms. The van der Waals surface area contributed by atoms with E-state index in [4.69, 9.17) is 0 Å². The van der Waals surface area contributed by atoms with Gasteiger partial charge in [0.25, 0.3) is 0 Å². The number of halogens is 2. The van der Waals surface area contributed by atoms with Gasteiger partial charge in [-0.1, -0.05) is 17.8 Å². The van der Waals surface area contributed by atoms with Gasteiger partial charge in [0, 0.05) is 18.0 Å². The van der Waals surface area contributed by atoms with Crippen molar-refractivity contribution >= 4 is 17.8 Å². The van der Waals surface area contributed by atoms with Crippen LogP contribution in [0.1, 0.15) is 13.8 Å². The van der Waals surface area contributed by atoms with Crippen LogP contribution in [0.4, 0.5) is 13.6 Å². The van der Waals surface area contributed by atoms with Crippen molar-refractivity contribution in [2.75, 3.05) is 13.1 Å². The first-order chi connectivity index (χ1) is 10.0. The lowest BCUT2D eigenvalue weighted by molar-refractivity contribution is 0.201. The molecule has 2 aromatic rings. The molecule has 0 radical (unpaired) electrons. The quantitative estimate of drug-likeness (QED) is 0.865. The maximum Gasteiger partial charge on any atom is 0.344 e. The van der Waals surface area contributed by atoms with Crippen molar-refractivity contribution in [3.8, 4) is 0 Å². The van der Waals surface area contributed by atoms with Gasteiger partial charge in [0.05, 0.1) is 6.20 Å². The molecule has 0 saturated carbocycles. The Balaban J connectivity index is 2.21. The summed E-state index contributed by atoms with van der Waals surface area (Å²) in [6.07, 6.45) is 1.04. The summed E-state index contributed by atoms with van der Waals surface area (Å²) >= 11 is 0.976. The fourth-order valence-corrected chi connectivity index (χ4v) is 2.61. The van der Waals surface area contributed by atoms with E-state index in [2.05, 4.69) is 5.10 Å². The number of carbonyl (C=O) groups excluding carboxylic acids is 1. The molecule has 0 spiro atoms. The summed E-state index contributed by atoms with van der Waals surface area (Å²) < 4.78 is 27.9. The SMILES string of the molecule is CCN(CC)C(=O)n1cc(F)c(Sc2cccc(F)c2)n1. The van der Waals surface area contributed by atoms with Gasteiger partial charge in [-0.2, -0.15) is 9.78 Å². The van der Waals surface area contributed by atoms with Crippen LogP contribution in [0.25, 0.3) is 0 Å². The molecule has 0 saturated heterocycles. The van der Waals surface area contributed by atoms with Crippen molar-refractivity contribution in [2.24, 2.45) is 0 Å². The molecule has 0 fully saturated rings. The van der Waals surface area contributed by atoms with Crippen LogP contribution in [-0.4, -0.2) is 33.8 Å². The lowest BCUT2D eigenvalue weighted by Gasteiger charge is -2.17. The van der Waals surface area contributed by atoms with E-state index in [1.165, 1.54) is 23.1 Å². The number of hydrogen-bond acceptors (Lipinski definition) is 3. The summed E-state index contributed by atoms with van der Waals surface area (Å²) in [4.78, 5) is 14.1. The molecule has 2 rings (SSSR count). The van der Waals surface area contributed by atoms with Crippen LogP contribution >= 0.6 is 11.8 Å². The van der Waals surface area contributed by atoms with E-state index in [9.17, 15) is 13.6 Å². The number of hydrogen-bond donors (Lipinski definition) is 0. The molecule has 1 aromatic carbocycles. The van der Waals surface area contributed by atoms with Gasteiger partial charge in [0.2, 0.25) is 0 Å². The average Bonchev–Trinajstić information content (AvgIpc) is 2.81. The first-order valence-electron chi connectivity index (χ1n) is 6.53. The van der Waals surface area contributed by atoms with Crippen LogP contribution in [0.5, 0.6) is 0 Å². The van der Waals surface area contributed by atoms with E-state index in [0.29, 0.717) is 18.0 Å². The van der Waals surface area contributed by atoms with Crippen LogP contribution in [0.15, 0.2) is 40.4 Å². The highest BCUT2D eigenvalue weighted by Gasteiger charge is 2.18. The third-order valence-corrected chi connectivity index (χ3v) is 3.84. The Bertz CT molecular complexity index is 641. The number of rotatable bonds is 4. The predicted molar refractivity (Wildman–Crippen MR) is 76.4 cm³/mol. The number of benzene rings is 1. The molecule has 1 amide bonds. The zero-order valence-electron chi connectivity index (χ0n) is 11.7. The molecule has 4 nitrogen and oxygen atoms in total. The van der Waals surface area contributed by atoms with Gasteiger partial charge in [-0.25, -0.2) is 13.6 Å². The van der Waals surface area contributed by atoms with E-state index in [1.807, 2.05) is 13.8 Å². The van der Waals surface area contributed by atoms with Crippen molar-refractivity contribution < 1.29 is 13.6 Å². The van der Waals surface area contributed by atoms with E-state index < -0.39 is 11.6 Å². The molecule has 0 aliphatic rings. The van der Waals surface area contributed by atoms with Gasteiger partial charge in [0.15, 0.2) is 10.8 Å². The Kier molecular flexibility index (Phi) is 4.95. The molecule has 112 valence electrons. The number of carbonyl (C=O) groups is 1. The van der Waals surface area contributed by atoms with Crippen molar-refractivity contribution in [1.29, 1.82) is 0 Å². The molecule has 1 heterocycles. The van der Waals surface area contributed by atoms with E-state index in [-0.39, 0.29) is 11.1 Å². The Morgan fingerprint density at radius 2 is 2.05 bits per heavy atom. The van der Waals surface area contributed by atoms with E-state index >= 15 is 0 Å². The smallest absolute Gasteiger partial charge is 0.323 e. The Hall–Kier alpha value is -1.89. The second-order valence-corrected chi connectivity index (χ2v) is 5.30. The monoisotopic (exact) mass is 311 g/mol. The van der Waals surface area contributed by atoms with E-state index in [1.54, 1.807) is 6.07 Å². The summed E-state index contributed by atoms with van der Waals surface area (Å²) in [5.74, 6) is -1.01. The molecule has 0 bridgehead atoms. The van der Waals surface area contributed by atoms with Crippen molar-refractivity contribution in [1.82, 2.24) is 14.7 Å². The first kappa shape index (κ1) is 15.5. The molecular formula is C14H15F2N3OS. The lowest BCUT2D eigenvalue weighted by Crippen LogP contribution is -2.34. The summed E-state index contributed by atoms with van der Waals surface area (Å²) in [7, 11) is 0. The van der Waals surface area contributed by atoms with Crippen molar-refractivity contribution in [3.05, 3.63) is 42.1 Å². The van der Waals surface area contributed by atoms with Gasteiger partial charge in [-0.3, -0.25) is 0 Å². The van der Waals surface area contributed by atoms with Gasteiger partial charge in [-0.15, -0.1) is 0 Å². The third kappa shape index (κ3) is 3.60. The molecule has 0 aliphatic carbocycles. The van der Waals surface area contributed by atoms with Crippen LogP contribution in [0.3, 0.4) is 0 Å². The largest absolute Gasteiger partial charge is 0.344 e. The molecule has 0 aliphatic heterocycles. The first-order valence-corrected chi connectivity index (χ1v) is 7.34. The predicted octanol–water partition coefficient (Wildman–Crippen LogP) is 3.62. The fraction of sp³-hybridized carbons (Fsp3) is 0.286. The Morgan fingerprint density at radius 1 is 1.33 bits per heavy atom. The molecule has 0 unspecified atom stereocenters. The highest BCUT2D eigenvalue weighted by atomic mass is 32.2. The highest BCUT2D eigenvalue weighted by Crippen LogP contribution is 2.28. The summed E-state index contributed by atoms with van der Waals surface area (Å²) in [5, 5.41) is 3.99. The van der Waals surface area contributed by atoms with Crippen molar-refractivity contribution in [2.45, 2.75) is 23.8 Å². The minimum absolute atomic E-state index is 0.0427. The Morgan fingerprint density at radius 3 is 2.67 bits per heavy atom. The summed E-state index contributed by atoms with van der Waals surface area (Å²) in [6.45, 7) is 4.71. The second kappa shape index (κ2) is 6.71. The zero-order chi connectivity index (χ0) is 15.4. The van der Waals surface area contributed by atoms with Crippen molar-refractivity contribution in [3.63, 3.8) is 0 Å². The maximum absolute atomic E-state index is 13.9. The number of nitrogens with zero attached hydrogens (tertiary/aromatic N) is 3. The summed E-state index contributed by atoms with van der Waals surface area (Å²) in [6, 6.07) is 5.40. The normalized spacial score (nSPS) is 10.7. The molecule has 0 atom stereocenters. The van der Waals surface area contributed by atoms with Gasteiger partial charge >= 0.3 is 6.03 Å². The second-order valence-electron chi connectivity index (χ2n) is 4.24. The minimum atomic E-state index is -0.607. The standard InChI is InChI=1S/C14H15F2N3OS/c1-3-18(4-2)14(20)19-9-12(16)13(17-19)21-11-7-5-6-10(15)8-11/h5-9H,3-4H2,1-2H3. The van der Waals surface area contributed by atoms with Gasteiger partial charge < -0.3 is 4.90 Å². The molecule has 7 heteroatoms. The highest BCUT2D eigenvalue weighted by molar-refractivity contribution is 7.99. The van der Waals surface area contributed by atoms with Gasteiger partial charge in [0.1, 0.15) is 5.82 Å². The molecule has 1 aromatic heterocycles. The van der Waals surface area contributed by atoms with Crippen LogP contribution in [0, 0.1) is 11.6 Å². The average molecular weight is 311 g/mol. The topological polar surface area (TPSA) is 38.1 Å². The van der Waals surface area contributed by atoms with Crippen LogP contribution in [-0.2, 0) is 0 Å². The third-order valence-electron chi connectivity index (χ3n) is 2.88. The van der Waals surface area contributed by atoms with Gasteiger partial charge in [-0.05, 0) is 32.0 Å².